The molecular formula is C23H18ClN7O2. The minimum absolute atomic E-state index is 0.262. The molecule has 0 amide bonds. The molecule has 0 saturated carbocycles. The summed E-state index contributed by atoms with van der Waals surface area (Å²) in [5.41, 5.74) is 7.38. The van der Waals surface area contributed by atoms with Crippen LogP contribution in [-0.4, -0.2) is 26.5 Å². The lowest BCUT2D eigenvalue weighted by Crippen LogP contribution is -2.04. The average Bonchev–Trinajstić information content (AvgIpc) is 3.46. The zero-order valence-electron chi connectivity index (χ0n) is 17.7. The van der Waals surface area contributed by atoms with Gasteiger partial charge < -0.3 is 9.73 Å². The second-order valence-corrected chi connectivity index (χ2v) is 7.66. The molecule has 0 aliphatic carbocycles. The average molecular weight is 460 g/mol. The van der Waals surface area contributed by atoms with Crippen LogP contribution in [0.5, 0.6) is 0 Å². The van der Waals surface area contributed by atoms with E-state index < -0.39 is 0 Å². The molecule has 2 aromatic carbocycles. The molecule has 0 saturated heterocycles. The lowest BCUT2D eigenvalue weighted by atomic mass is 10.1. The van der Waals surface area contributed by atoms with Crippen molar-refractivity contribution in [3.63, 3.8) is 0 Å². The number of hydrogen-bond acceptors (Lipinski definition) is 9. The summed E-state index contributed by atoms with van der Waals surface area (Å²) >= 11 is 6.25. The Morgan fingerprint density at radius 1 is 0.909 bits per heavy atom. The standard InChI is InChI=1S/C23H18ClN7O2/c1-13-6-5-9-18(14(13)2)26-20-21(28-23-22(27-20)30-33-31-23)29-25-12-15-10-11-19(32-15)16-7-3-4-8-17(16)24/h3-12H,1-2H3,(H,26,27,30)(H,28,29,31)/b25-12-. The van der Waals surface area contributed by atoms with E-state index >= 15 is 0 Å². The summed E-state index contributed by atoms with van der Waals surface area (Å²) in [4.78, 5) is 8.88. The number of furan rings is 1. The minimum atomic E-state index is 0.262. The first kappa shape index (κ1) is 20.7. The number of halogens is 1. The van der Waals surface area contributed by atoms with E-state index in [-0.39, 0.29) is 11.3 Å². The Hall–Kier alpha value is -4.24. The summed E-state index contributed by atoms with van der Waals surface area (Å²) in [6.45, 7) is 4.07. The second kappa shape index (κ2) is 8.71. The van der Waals surface area contributed by atoms with Crippen molar-refractivity contribution in [2.75, 3.05) is 10.7 Å². The van der Waals surface area contributed by atoms with Gasteiger partial charge in [0, 0.05) is 11.3 Å². The number of nitrogens with zero attached hydrogens (tertiary/aromatic N) is 5. The lowest BCUT2D eigenvalue weighted by molar-refractivity contribution is 0.314. The number of aromatic nitrogens is 4. The summed E-state index contributed by atoms with van der Waals surface area (Å²) in [6.07, 6.45) is 1.54. The smallest absolute Gasteiger partial charge is 0.245 e. The van der Waals surface area contributed by atoms with Crippen molar-refractivity contribution in [1.29, 1.82) is 0 Å². The second-order valence-electron chi connectivity index (χ2n) is 7.26. The maximum absolute atomic E-state index is 6.25. The molecule has 2 N–H and O–H groups in total. The fourth-order valence-electron chi connectivity index (χ4n) is 3.20. The van der Waals surface area contributed by atoms with Crippen molar-refractivity contribution < 1.29 is 9.05 Å². The van der Waals surface area contributed by atoms with Crippen molar-refractivity contribution in [2.45, 2.75) is 13.8 Å². The van der Waals surface area contributed by atoms with Gasteiger partial charge in [-0.3, -0.25) is 5.43 Å². The summed E-state index contributed by atoms with van der Waals surface area (Å²) < 4.78 is 10.6. The van der Waals surface area contributed by atoms with Crippen molar-refractivity contribution in [1.82, 2.24) is 20.3 Å². The van der Waals surface area contributed by atoms with E-state index in [0.29, 0.717) is 28.2 Å². The Bertz CT molecular complexity index is 1470. The fourth-order valence-corrected chi connectivity index (χ4v) is 3.43. The van der Waals surface area contributed by atoms with E-state index in [1.54, 1.807) is 6.07 Å². The summed E-state index contributed by atoms with van der Waals surface area (Å²) in [7, 11) is 0. The summed E-state index contributed by atoms with van der Waals surface area (Å²) in [5, 5.41) is 15.7. The van der Waals surface area contributed by atoms with Crippen LogP contribution in [-0.2, 0) is 0 Å². The molecule has 0 spiro atoms. The molecule has 0 atom stereocenters. The van der Waals surface area contributed by atoms with Crippen molar-refractivity contribution in [3.05, 3.63) is 76.5 Å². The van der Waals surface area contributed by atoms with E-state index in [9.17, 15) is 0 Å². The molecule has 33 heavy (non-hydrogen) atoms. The highest BCUT2D eigenvalue weighted by molar-refractivity contribution is 6.33. The molecular weight excluding hydrogens is 442 g/mol. The van der Waals surface area contributed by atoms with Crippen LogP contribution in [0.3, 0.4) is 0 Å². The molecule has 0 radical (unpaired) electrons. The third-order valence-electron chi connectivity index (χ3n) is 5.10. The number of rotatable bonds is 6. The van der Waals surface area contributed by atoms with Crippen molar-refractivity contribution >= 4 is 46.4 Å². The fraction of sp³-hybridized carbons (Fsp3) is 0.0870. The first-order valence-corrected chi connectivity index (χ1v) is 10.4. The van der Waals surface area contributed by atoms with Crippen LogP contribution in [0.4, 0.5) is 17.3 Å². The molecule has 10 heteroatoms. The number of fused-ring (bicyclic) bond motifs is 1. The predicted octanol–water partition coefficient (Wildman–Crippen LogP) is 5.73. The predicted molar refractivity (Wildman–Crippen MR) is 127 cm³/mol. The Labute approximate surface area is 193 Å². The van der Waals surface area contributed by atoms with E-state index in [2.05, 4.69) is 36.1 Å². The van der Waals surface area contributed by atoms with Gasteiger partial charge in [-0.25, -0.2) is 9.61 Å². The van der Waals surface area contributed by atoms with Gasteiger partial charge in [-0.15, -0.1) is 0 Å². The molecule has 0 bridgehead atoms. The van der Waals surface area contributed by atoms with Crippen LogP contribution in [0.2, 0.25) is 5.02 Å². The molecule has 9 nitrogen and oxygen atoms in total. The molecule has 0 aliphatic rings. The molecule has 5 aromatic rings. The maximum atomic E-state index is 6.25. The molecule has 0 aliphatic heterocycles. The molecule has 3 aromatic heterocycles. The van der Waals surface area contributed by atoms with Gasteiger partial charge in [0.15, 0.2) is 11.6 Å². The van der Waals surface area contributed by atoms with E-state index in [1.807, 2.05) is 62.4 Å². The first-order valence-electron chi connectivity index (χ1n) is 10.1. The van der Waals surface area contributed by atoms with Crippen LogP contribution < -0.4 is 10.7 Å². The normalized spacial score (nSPS) is 11.4. The molecule has 164 valence electrons. The van der Waals surface area contributed by atoms with Crippen molar-refractivity contribution in [2.24, 2.45) is 5.10 Å². The van der Waals surface area contributed by atoms with E-state index in [0.717, 1.165) is 22.4 Å². The SMILES string of the molecule is Cc1cccc(Nc2nc3nonc3nc2N/N=C\c2ccc(-c3ccccc3Cl)o2)c1C. The van der Waals surface area contributed by atoms with Crippen LogP contribution in [0, 0.1) is 13.8 Å². The first-order chi connectivity index (χ1) is 16.1. The Morgan fingerprint density at radius 2 is 1.70 bits per heavy atom. The van der Waals surface area contributed by atoms with Gasteiger partial charge in [-0.05, 0) is 65.6 Å². The van der Waals surface area contributed by atoms with Crippen molar-refractivity contribution in [3.8, 4) is 11.3 Å². The maximum Gasteiger partial charge on any atom is 0.245 e. The van der Waals surface area contributed by atoms with Gasteiger partial charge in [-0.2, -0.15) is 10.1 Å². The highest BCUT2D eigenvalue weighted by atomic mass is 35.5. The number of aryl methyl sites for hydroxylation is 1. The van der Waals surface area contributed by atoms with E-state index in [1.165, 1.54) is 6.21 Å². The monoisotopic (exact) mass is 459 g/mol. The van der Waals surface area contributed by atoms with Crippen LogP contribution in [0.25, 0.3) is 22.6 Å². The lowest BCUT2D eigenvalue weighted by Gasteiger charge is -2.12. The van der Waals surface area contributed by atoms with Gasteiger partial charge in [0.25, 0.3) is 0 Å². The van der Waals surface area contributed by atoms with E-state index in [4.69, 9.17) is 20.6 Å². The van der Waals surface area contributed by atoms with Gasteiger partial charge in [0.05, 0.1) is 11.2 Å². The third kappa shape index (κ3) is 4.26. The van der Waals surface area contributed by atoms with Gasteiger partial charge in [-0.1, -0.05) is 35.9 Å². The van der Waals surface area contributed by atoms with Gasteiger partial charge >= 0.3 is 0 Å². The van der Waals surface area contributed by atoms with Crippen LogP contribution >= 0.6 is 11.6 Å². The molecule has 3 heterocycles. The summed E-state index contributed by atoms with van der Waals surface area (Å²) in [5.74, 6) is 1.97. The minimum Gasteiger partial charge on any atom is -0.455 e. The number of nitrogens with one attached hydrogen (secondary N) is 2. The highest BCUT2D eigenvalue weighted by Crippen LogP contribution is 2.29. The van der Waals surface area contributed by atoms with Crippen LogP contribution in [0.1, 0.15) is 16.9 Å². The van der Waals surface area contributed by atoms with Gasteiger partial charge in [0.2, 0.25) is 11.3 Å². The zero-order valence-corrected chi connectivity index (χ0v) is 18.5. The zero-order chi connectivity index (χ0) is 22.8. The number of anilines is 3. The summed E-state index contributed by atoms with van der Waals surface area (Å²) in [6, 6.07) is 17.1. The van der Waals surface area contributed by atoms with Gasteiger partial charge in [0.1, 0.15) is 11.5 Å². The Balaban J connectivity index is 1.41. The third-order valence-corrected chi connectivity index (χ3v) is 5.43. The Kier molecular flexibility index (Phi) is 5.45. The highest BCUT2D eigenvalue weighted by Gasteiger charge is 2.14. The molecule has 5 rings (SSSR count). The number of hydrogen-bond donors (Lipinski definition) is 2. The molecule has 0 fully saturated rings. The largest absolute Gasteiger partial charge is 0.455 e. The van der Waals surface area contributed by atoms with Crippen LogP contribution in [0.15, 0.2) is 68.7 Å². The topological polar surface area (TPSA) is 114 Å². The Morgan fingerprint density at radius 3 is 2.52 bits per heavy atom. The molecule has 0 unspecified atom stereocenters. The quantitative estimate of drug-likeness (QED) is 0.244. The number of benzene rings is 2. The number of hydrazone groups is 1.